The van der Waals surface area contributed by atoms with Crippen LogP contribution < -0.4 is 5.32 Å². The highest BCUT2D eigenvalue weighted by molar-refractivity contribution is 5.90. The summed E-state index contributed by atoms with van der Waals surface area (Å²) in [6.07, 6.45) is 5.15. The van der Waals surface area contributed by atoms with Crippen molar-refractivity contribution in [3.63, 3.8) is 0 Å². The monoisotopic (exact) mass is 289 g/mol. The molecule has 2 fully saturated rings. The third-order valence-corrected chi connectivity index (χ3v) is 4.21. The van der Waals surface area contributed by atoms with E-state index in [0.717, 1.165) is 12.0 Å². The highest BCUT2D eigenvalue weighted by Crippen LogP contribution is 2.32. The molecule has 0 radical (unpaired) electrons. The van der Waals surface area contributed by atoms with Crippen LogP contribution >= 0.6 is 0 Å². The van der Waals surface area contributed by atoms with Crippen molar-refractivity contribution in [1.82, 2.24) is 15.2 Å². The molecule has 2 saturated heterocycles. The first-order valence-electron chi connectivity index (χ1n) is 7.24. The van der Waals surface area contributed by atoms with E-state index in [9.17, 15) is 9.59 Å². The molecule has 21 heavy (non-hydrogen) atoms. The maximum absolute atomic E-state index is 12.5. The number of hydrogen-bond donors (Lipinski definition) is 1. The number of hydrogen-bond acceptors (Lipinski definition) is 4. The van der Waals surface area contributed by atoms with Crippen molar-refractivity contribution in [2.24, 2.45) is 0 Å². The van der Waals surface area contributed by atoms with Gasteiger partial charge in [0.25, 0.3) is 0 Å². The Morgan fingerprint density at radius 1 is 1.48 bits per heavy atom. The van der Waals surface area contributed by atoms with Gasteiger partial charge in [-0.25, -0.2) is 0 Å². The molecule has 0 aromatic carbocycles. The number of amides is 2. The fraction of sp³-hybridized carbons (Fsp3) is 0.533. The first-order valence-corrected chi connectivity index (χ1v) is 7.24. The van der Waals surface area contributed by atoms with Gasteiger partial charge >= 0.3 is 0 Å². The first-order chi connectivity index (χ1) is 10.2. The Kier molecular flexibility index (Phi) is 3.88. The summed E-state index contributed by atoms with van der Waals surface area (Å²) >= 11 is 0. The van der Waals surface area contributed by atoms with Gasteiger partial charge in [0.05, 0.1) is 6.04 Å². The molecule has 0 aliphatic carbocycles. The molecule has 112 valence electrons. The minimum Gasteiger partial charge on any atom is -0.371 e. The van der Waals surface area contributed by atoms with Gasteiger partial charge in [0.15, 0.2) is 0 Å². The second-order valence-corrected chi connectivity index (χ2v) is 5.54. The quantitative estimate of drug-likeness (QED) is 0.887. The van der Waals surface area contributed by atoms with E-state index < -0.39 is 6.04 Å². The number of ether oxygens (including phenoxy) is 1. The molecule has 3 heterocycles. The van der Waals surface area contributed by atoms with Crippen molar-refractivity contribution in [2.75, 3.05) is 13.7 Å². The zero-order valence-electron chi connectivity index (χ0n) is 12.0. The Labute approximate surface area is 123 Å². The lowest BCUT2D eigenvalue weighted by Crippen LogP contribution is -2.47. The number of pyridine rings is 1. The summed E-state index contributed by atoms with van der Waals surface area (Å²) in [5.41, 5.74) is 0.982. The van der Waals surface area contributed by atoms with Crippen LogP contribution in [-0.4, -0.2) is 47.4 Å². The zero-order valence-corrected chi connectivity index (χ0v) is 12.0. The Balaban J connectivity index is 1.72. The molecule has 0 saturated carbocycles. The predicted octanol–water partition coefficient (Wildman–Crippen LogP) is 0.649. The van der Waals surface area contributed by atoms with Crippen LogP contribution in [0.3, 0.4) is 0 Å². The molecule has 1 aromatic rings. The van der Waals surface area contributed by atoms with Gasteiger partial charge in [-0.05, 0) is 18.9 Å². The van der Waals surface area contributed by atoms with Crippen molar-refractivity contribution in [1.29, 1.82) is 0 Å². The van der Waals surface area contributed by atoms with E-state index >= 15 is 0 Å². The largest absolute Gasteiger partial charge is 0.371 e. The molecular weight excluding hydrogens is 270 g/mol. The second-order valence-electron chi connectivity index (χ2n) is 5.54. The molecule has 0 spiro atoms. The van der Waals surface area contributed by atoms with E-state index in [1.807, 2.05) is 12.1 Å². The van der Waals surface area contributed by atoms with E-state index in [-0.39, 0.29) is 24.0 Å². The van der Waals surface area contributed by atoms with Crippen molar-refractivity contribution >= 4 is 11.8 Å². The van der Waals surface area contributed by atoms with Crippen LogP contribution in [0.25, 0.3) is 0 Å². The van der Waals surface area contributed by atoms with Crippen LogP contribution in [0.5, 0.6) is 0 Å². The number of carbonyl (C=O) groups is 2. The highest BCUT2D eigenvalue weighted by atomic mass is 16.5. The van der Waals surface area contributed by atoms with Gasteiger partial charge in [-0.15, -0.1) is 0 Å². The molecule has 6 heteroatoms. The standard InChI is InChI=1S/C15H19N3O3/c1-18(15(20)11-4-5-13(19)17-11)12-6-8-21-14(12)10-3-2-7-16-9-10/h2-3,7,9,11-12,14H,4-6,8H2,1H3,(H,17,19)/t11-,12+,14-/m1/s1. The van der Waals surface area contributed by atoms with Gasteiger partial charge in [0.2, 0.25) is 11.8 Å². The topological polar surface area (TPSA) is 71.5 Å². The fourth-order valence-electron chi connectivity index (χ4n) is 3.05. The lowest BCUT2D eigenvalue weighted by Gasteiger charge is -2.30. The number of nitrogens with zero attached hydrogens (tertiary/aromatic N) is 2. The number of aromatic nitrogens is 1. The van der Waals surface area contributed by atoms with Gasteiger partial charge in [-0.3, -0.25) is 14.6 Å². The van der Waals surface area contributed by atoms with E-state index in [1.54, 1.807) is 24.3 Å². The Morgan fingerprint density at radius 2 is 2.33 bits per heavy atom. The first kappa shape index (κ1) is 14.0. The zero-order chi connectivity index (χ0) is 14.8. The third-order valence-electron chi connectivity index (χ3n) is 4.21. The summed E-state index contributed by atoms with van der Waals surface area (Å²) in [5.74, 6) is -0.0847. The van der Waals surface area contributed by atoms with Crippen LogP contribution in [0.15, 0.2) is 24.5 Å². The molecule has 3 rings (SSSR count). The summed E-state index contributed by atoms with van der Waals surface area (Å²) in [6.45, 7) is 0.624. The molecule has 6 nitrogen and oxygen atoms in total. The van der Waals surface area contributed by atoms with Crippen LogP contribution in [0.1, 0.15) is 30.9 Å². The lowest BCUT2D eigenvalue weighted by atomic mass is 10.0. The summed E-state index contributed by atoms with van der Waals surface area (Å²) in [5, 5.41) is 2.73. The molecule has 2 amide bonds. The Morgan fingerprint density at radius 3 is 3.00 bits per heavy atom. The average molecular weight is 289 g/mol. The molecule has 0 bridgehead atoms. The van der Waals surface area contributed by atoms with E-state index in [1.165, 1.54) is 0 Å². The van der Waals surface area contributed by atoms with Crippen molar-refractivity contribution in [3.05, 3.63) is 30.1 Å². The van der Waals surface area contributed by atoms with Gasteiger partial charge in [0, 0.05) is 38.0 Å². The van der Waals surface area contributed by atoms with Crippen LogP contribution in [-0.2, 0) is 14.3 Å². The molecule has 3 atom stereocenters. The summed E-state index contributed by atoms with van der Waals surface area (Å²) < 4.78 is 5.79. The Bertz CT molecular complexity index is 534. The molecule has 1 N–H and O–H groups in total. The summed E-state index contributed by atoms with van der Waals surface area (Å²) in [7, 11) is 1.79. The second kappa shape index (κ2) is 5.81. The number of rotatable bonds is 3. The minimum atomic E-state index is -0.391. The summed E-state index contributed by atoms with van der Waals surface area (Å²) in [4.78, 5) is 29.6. The number of likely N-dealkylation sites (N-methyl/N-ethyl adjacent to an activating group) is 1. The maximum atomic E-state index is 12.5. The van der Waals surface area contributed by atoms with Crippen LogP contribution in [0.2, 0.25) is 0 Å². The van der Waals surface area contributed by atoms with Gasteiger partial charge < -0.3 is 15.0 Å². The maximum Gasteiger partial charge on any atom is 0.245 e. The smallest absolute Gasteiger partial charge is 0.245 e. The number of nitrogens with one attached hydrogen (secondary N) is 1. The van der Waals surface area contributed by atoms with E-state index in [2.05, 4.69) is 10.3 Å². The van der Waals surface area contributed by atoms with E-state index in [0.29, 0.717) is 19.4 Å². The minimum absolute atomic E-state index is 0.0146. The summed E-state index contributed by atoms with van der Waals surface area (Å²) in [6, 6.07) is 3.43. The average Bonchev–Trinajstić information content (AvgIpc) is 3.15. The van der Waals surface area contributed by atoms with Crippen molar-refractivity contribution in [3.8, 4) is 0 Å². The fourth-order valence-corrected chi connectivity index (χ4v) is 3.05. The Hall–Kier alpha value is -1.95. The lowest BCUT2D eigenvalue weighted by molar-refractivity contribution is -0.136. The predicted molar refractivity (Wildman–Crippen MR) is 75.3 cm³/mol. The van der Waals surface area contributed by atoms with Gasteiger partial charge in [-0.1, -0.05) is 6.07 Å². The molecule has 2 aliphatic heterocycles. The molecule has 2 aliphatic rings. The SMILES string of the molecule is CN(C(=O)[C@H]1CCC(=O)N1)[C@H]1CCO[C@@H]1c1cccnc1. The van der Waals surface area contributed by atoms with Gasteiger partial charge in [0.1, 0.15) is 12.1 Å². The van der Waals surface area contributed by atoms with E-state index in [4.69, 9.17) is 4.74 Å². The third kappa shape index (κ3) is 2.76. The molecule has 1 aromatic heterocycles. The van der Waals surface area contributed by atoms with Crippen LogP contribution in [0.4, 0.5) is 0 Å². The highest BCUT2D eigenvalue weighted by Gasteiger charge is 2.38. The van der Waals surface area contributed by atoms with Crippen molar-refractivity contribution < 1.29 is 14.3 Å². The van der Waals surface area contributed by atoms with Gasteiger partial charge in [-0.2, -0.15) is 0 Å². The van der Waals surface area contributed by atoms with Crippen molar-refractivity contribution in [2.45, 2.75) is 37.5 Å². The molecular formula is C15H19N3O3. The van der Waals surface area contributed by atoms with Crippen LogP contribution in [0, 0.1) is 0 Å². The number of carbonyl (C=O) groups excluding carboxylic acids is 2. The normalized spacial score (nSPS) is 28.4. The molecule has 0 unspecified atom stereocenters.